The van der Waals surface area contributed by atoms with Gasteiger partial charge in [0.2, 0.25) is 17.7 Å². The monoisotopic (exact) mass is 1040 g/mol. The number of aliphatic carboxylic acids is 6. The Morgan fingerprint density at radius 3 is 1.55 bits per heavy atom. The highest BCUT2D eigenvalue weighted by atomic mass is 16.4. The maximum Gasteiger partial charge on any atom is 0.326 e. The summed E-state index contributed by atoms with van der Waals surface area (Å²) in [5.41, 5.74) is 0.722. The maximum absolute atomic E-state index is 13.9. The van der Waals surface area contributed by atoms with E-state index in [0.717, 1.165) is 16.3 Å². The summed E-state index contributed by atoms with van der Waals surface area (Å²) in [7, 11) is 0. The highest BCUT2D eigenvalue weighted by Crippen LogP contribution is 2.29. The molecule has 1 heterocycles. The molecule has 1 aliphatic carbocycles. The molecule has 2 aromatic rings. The minimum absolute atomic E-state index is 0.0262. The fourth-order valence-corrected chi connectivity index (χ4v) is 8.97. The number of rotatable bonds is 27. The molecule has 3 atom stereocenters. The van der Waals surface area contributed by atoms with Crippen molar-refractivity contribution < 1.29 is 78.6 Å². The SMILES string of the molecule is O=C(O)CCC(NC(=O)NCCCCC(NC(=O)C(Cc1ccc2ccccc2c1)NC(=O)C1CCC(CNC(=O)CN2CCN(CC(=O)O)CCN(CC(=O)O)CCN(CC(=O)O)CC2)CC1)C(=O)O)C(=O)O. The number of carbonyl (C=O) groups is 10. The maximum atomic E-state index is 13.9. The van der Waals surface area contributed by atoms with Crippen molar-refractivity contribution in [2.75, 3.05) is 91.6 Å². The summed E-state index contributed by atoms with van der Waals surface area (Å²) in [6, 6.07) is 8.44. The highest BCUT2D eigenvalue weighted by molar-refractivity contribution is 5.91. The van der Waals surface area contributed by atoms with Crippen LogP contribution in [0.15, 0.2) is 42.5 Å². The molecule has 3 unspecified atom stereocenters. The molecular formula is C49H71N9O16. The van der Waals surface area contributed by atoms with Gasteiger partial charge < -0.3 is 57.2 Å². The molecule has 2 aliphatic rings. The van der Waals surface area contributed by atoms with E-state index in [-0.39, 0.29) is 135 Å². The van der Waals surface area contributed by atoms with Crippen LogP contribution < -0.4 is 26.6 Å². The molecule has 0 bridgehead atoms. The van der Waals surface area contributed by atoms with Crippen molar-refractivity contribution in [3.8, 4) is 0 Å². The van der Waals surface area contributed by atoms with Crippen LogP contribution in [0.5, 0.6) is 0 Å². The van der Waals surface area contributed by atoms with Crippen LogP contribution in [-0.4, -0.2) is 220 Å². The van der Waals surface area contributed by atoms with Crippen LogP contribution >= 0.6 is 0 Å². The minimum Gasteiger partial charge on any atom is -0.481 e. The van der Waals surface area contributed by atoms with E-state index < -0.39 is 78.2 Å². The molecule has 0 aromatic heterocycles. The molecule has 1 saturated heterocycles. The number of carbonyl (C=O) groups excluding carboxylic acids is 4. The summed E-state index contributed by atoms with van der Waals surface area (Å²) >= 11 is 0. The van der Waals surface area contributed by atoms with Gasteiger partial charge in [0.1, 0.15) is 18.1 Å². The van der Waals surface area contributed by atoms with Gasteiger partial charge in [0.15, 0.2) is 0 Å². The van der Waals surface area contributed by atoms with Gasteiger partial charge in [-0.25, -0.2) is 14.4 Å². The Labute approximate surface area is 428 Å². The van der Waals surface area contributed by atoms with Gasteiger partial charge in [0.25, 0.3) is 0 Å². The summed E-state index contributed by atoms with van der Waals surface area (Å²) in [5, 5.41) is 71.6. The van der Waals surface area contributed by atoms with Crippen LogP contribution in [0.3, 0.4) is 0 Å². The topological polar surface area (TPSA) is 365 Å². The summed E-state index contributed by atoms with van der Waals surface area (Å²) in [6.45, 7) is 1.53. The Balaban J connectivity index is 1.32. The number of carboxylic acids is 6. The second-order valence-electron chi connectivity index (χ2n) is 18.9. The Morgan fingerprint density at radius 2 is 1.04 bits per heavy atom. The molecule has 74 heavy (non-hydrogen) atoms. The predicted molar refractivity (Wildman–Crippen MR) is 265 cm³/mol. The van der Waals surface area contributed by atoms with Gasteiger partial charge >= 0.3 is 41.8 Å². The van der Waals surface area contributed by atoms with E-state index in [2.05, 4.69) is 26.6 Å². The average Bonchev–Trinajstić information content (AvgIpc) is 3.34. The Kier molecular flexibility index (Phi) is 24.9. The van der Waals surface area contributed by atoms with Gasteiger partial charge in [-0.15, -0.1) is 0 Å². The van der Waals surface area contributed by atoms with Crippen molar-refractivity contribution in [1.29, 1.82) is 0 Å². The molecule has 0 spiro atoms. The lowest BCUT2D eigenvalue weighted by Crippen LogP contribution is -2.53. The van der Waals surface area contributed by atoms with Gasteiger partial charge in [0, 0.05) is 84.2 Å². The van der Waals surface area contributed by atoms with E-state index in [1.807, 2.05) is 47.4 Å². The molecule has 2 fully saturated rings. The largest absolute Gasteiger partial charge is 0.481 e. The molecule has 1 aliphatic heterocycles. The normalized spacial score (nSPS) is 18.8. The van der Waals surface area contributed by atoms with Crippen molar-refractivity contribution >= 4 is 70.3 Å². The number of hydrogen-bond acceptors (Lipinski definition) is 14. The van der Waals surface area contributed by atoms with Crippen LogP contribution in [0, 0.1) is 11.8 Å². The first-order valence-electron chi connectivity index (χ1n) is 24.9. The quantitative estimate of drug-likeness (QED) is 0.0508. The summed E-state index contributed by atoms with van der Waals surface area (Å²) in [5.74, 6) is -8.93. The van der Waals surface area contributed by atoms with Crippen molar-refractivity contribution in [1.82, 2.24) is 46.2 Å². The second-order valence-corrected chi connectivity index (χ2v) is 18.9. The van der Waals surface area contributed by atoms with Crippen molar-refractivity contribution in [3.05, 3.63) is 48.0 Å². The number of urea groups is 1. The molecule has 0 radical (unpaired) electrons. The molecular weight excluding hydrogens is 971 g/mol. The summed E-state index contributed by atoms with van der Waals surface area (Å²) < 4.78 is 0. The number of benzene rings is 2. The Bertz CT molecular complexity index is 2230. The van der Waals surface area contributed by atoms with E-state index in [9.17, 15) is 73.5 Å². The number of amides is 5. The highest BCUT2D eigenvalue weighted by Gasteiger charge is 2.32. The average molecular weight is 1040 g/mol. The van der Waals surface area contributed by atoms with Gasteiger partial charge in [-0.2, -0.15) is 0 Å². The third-order valence-electron chi connectivity index (χ3n) is 13.1. The Hall–Kier alpha value is -6.96. The number of hydrogen-bond donors (Lipinski definition) is 11. The van der Waals surface area contributed by atoms with Crippen LogP contribution in [0.4, 0.5) is 4.79 Å². The van der Waals surface area contributed by atoms with Crippen molar-refractivity contribution in [2.24, 2.45) is 11.8 Å². The first kappa shape index (κ1) is 59.6. The van der Waals surface area contributed by atoms with E-state index >= 15 is 0 Å². The lowest BCUT2D eigenvalue weighted by Gasteiger charge is -2.33. The van der Waals surface area contributed by atoms with Crippen molar-refractivity contribution in [3.63, 3.8) is 0 Å². The molecule has 25 heteroatoms. The van der Waals surface area contributed by atoms with E-state index in [4.69, 9.17) is 5.11 Å². The van der Waals surface area contributed by atoms with E-state index in [1.54, 1.807) is 14.7 Å². The zero-order chi connectivity index (χ0) is 54.2. The lowest BCUT2D eigenvalue weighted by atomic mass is 9.81. The van der Waals surface area contributed by atoms with Gasteiger partial charge in [-0.3, -0.25) is 53.2 Å². The van der Waals surface area contributed by atoms with Crippen molar-refractivity contribution in [2.45, 2.75) is 82.3 Å². The van der Waals surface area contributed by atoms with E-state index in [0.29, 0.717) is 32.2 Å². The van der Waals surface area contributed by atoms with Crippen LogP contribution in [-0.2, 0) is 49.6 Å². The molecule has 5 amide bonds. The summed E-state index contributed by atoms with van der Waals surface area (Å²) in [4.78, 5) is 130. The predicted octanol–water partition coefficient (Wildman–Crippen LogP) is -0.378. The smallest absolute Gasteiger partial charge is 0.326 e. The third-order valence-corrected chi connectivity index (χ3v) is 13.1. The fourth-order valence-electron chi connectivity index (χ4n) is 8.97. The van der Waals surface area contributed by atoms with Gasteiger partial charge in [-0.1, -0.05) is 42.5 Å². The third kappa shape index (κ3) is 22.4. The van der Waals surface area contributed by atoms with Gasteiger partial charge in [0.05, 0.1) is 26.2 Å². The van der Waals surface area contributed by atoms with Crippen LogP contribution in [0.2, 0.25) is 0 Å². The Morgan fingerprint density at radius 1 is 0.527 bits per heavy atom. The molecule has 408 valence electrons. The van der Waals surface area contributed by atoms with E-state index in [1.165, 1.54) is 0 Å². The second kappa shape index (κ2) is 30.9. The number of unbranched alkanes of at least 4 members (excludes halogenated alkanes) is 1. The first-order chi connectivity index (χ1) is 35.2. The molecule has 25 nitrogen and oxygen atoms in total. The lowest BCUT2D eigenvalue weighted by molar-refractivity contribution is -0.143. The standard InChI is InChI=1S/C49H71N9O16/c59-40(28-55-17-19-56(29-42(62)63)21-23-58(31-44(66)67)24-22-57(20-18-55)30-43(64)65)51-27-32-8-12-35(13-9-32)45(68)53-39(26-33-10-11-34-5-1-2-6-36(34)25-33)46(69)52-37(47(70)71)7-3-4-16-50-49(74)54-38(48(72)73)14-15-41(60)61/h1-2,5-6,10-11,25,32,35,37-39H,3-4,7-9,12-24,26-31H2,(H,51,59)(H,52,69)(H,53,68)(H,60,61)(H,62,63)(H,64,65)(H,66,67)(H,70,71)(H,72,73)(H2,50,54,74). The number of nitrogens with zero attached hydrogens (tertiary/aromatic N) is 4. The molecule has 1 saturated carbocycles. The minimum atomic E-state index is -1.42. The number of fused-ring (bicyclic) bond motifs is 1. The zero-order valence-electron chi connectivity index (χ0n) is 41.5. The first-order valence-corrected chi connectivity index (χ1v) is 24.9. The molecule has 2 aromatic carbocycles. The van der Waals surface area contributed by atoms with Gasteiger partial charge in [-0.05, 0) is 73.6 Å². The van der Waals surface area contributed by atoms with Crippen LogP contribution in [0.1, 0.15) is 63.4 Å². The molecule has 4 rings (SSSR count). The molecule has 11 N–H and O–H groups in total. The summed E-state index contributed by atoms with van der Waals surface area (Å²) in [6.07, 6.45) is 1.77. The fraction of sp³-hybridized carbons (Fsp3) is 0.592. The number of nitrogens with one attached hydrogen (secondary N) is 5. The number of carboxylic acid groups (broad SMARTS) is 6. The van der Waals surface area contributed by atoms with Crippen LogP contribution in [0.25, 0.3) is 10.8 Å². The zero-order valence-corrected chi connectivity index (χ0v) is 41.5.